The number of nitrogens with two attached hydrogens (primary N) is 1. The molecule has 1 aliphatic rings. The summed E-state index contributed by atoms with van der Waals surface area (Å²) in [6.07, 6.45) is 3.08. The second-order valence-corrected chi connectivity index (χ2v) is 2.02. The van der Waals surface area contributed by atoms with E-state index in [1.807, 2.05) is 0 Å². The summed E-state index contributed by atoms with van der Waals surface area (Å²) in [5.74, 6) is 0. The Kier molecular flexibility index (Phi) is 1.11. The molecule has 0 radical (unpaired) electrons. The van der Waals surface area contributed by atoms with Crippen molar-refractivity contribution in [2.75, 3.05) is 0 Å². The molecule has 0 bridgehead atoms. The molecule has 0 aromatic rings. The Bertz CT molecular complexity index is 88.1. The van der Waals surface area contributed by atoms with E-state index in [1.165, 1.54) is 0 Å². The summed E-state index contributed by atoms with van der Waals surface area (Å²) < 4.78 is 0. The molecule has 3 N–H and O–H groups in total. The van der Waals surface area contributed by atoms with Crippen LogP contribution in [-0.2, 0) is 0 Å². The average Bonchev–Trinajstić information content (AvgIpc) is 1.91. The first-order chi connectivity index (χ1) is 3.30. The summed E-state index contributed by atoms with van der Waals surface area (Å²) in [5, 5.41) is 7.13. The number of rotatable bonds is 0. The monoisotopic (exact) mass is 98.1 g/mol. The Balaban J connectivity index is 2.48. The lowest BCUT2D eigenvalue weighted by Gasteiger charge is -1.96. The van der Waals surface area contributed by atoms with E-state index < -0.39 is 0 Å². The minimum Gasteiger partial charge on any atom is -0.323 e. The van der Waals surface area contributed by atoms with Crippen LogP contribution in [-0.4, -0.2) is 11.8 Å². The maximum absolute atomic E-state index is 7.13. The van der Waals surface area contributed by atoms with E-state index >= 15 is 0 Å². The van der Waals surface area contributed by atoms with Crippen LogP contribution in [0.15, 0.2) is 0 Å². The Labute approximate surface area is 43.2 Å². The summed E-state index contributed by atoms with van der Waals surface area (Å²) in [6.45, 7) is 0. The zero-order chi connectivity index (χ0) is 5.28. The Morgan fingerprint density at radius 1 is 1.71 bits per heavy atom. The zero-order valence-corrected chi connectivity index (χ0v) is 4.28. The predicted molar refractivity (Wildman–Crippen MR) is 29.6 cm³/mol. The van der Waals surface area contributed by atoms with Crippen LogP contribution in [0.2, 0.25) is 0 Å². The molecule has 40 valence electrons. The van der Waals surface area contributed by atoms with Crippen molar-refractivity contribution >= 4 is 5.71 Å². The number of nitrogens with one attached hydrogen (secondary N) is 1. The predicted octanol–water partition coefficient (Wildman–Crippen LogP) is 0.517. The number of hydrogen-bond donors (Lipinski definition) is 2. The first-order valence-corrected chi connectivity index (χ1v) is 2.63. The van der Waals surface area contributed by atoms with Crippen molar-refractivity contribution in [2.45, 2.75) is 25.3 Å². The summed E-state index contributed by atoms with van der Waals surface area (Å²) >= 11 is 0. The van der Waals surface area contributed by atoms with Gasteiger partial charge in [0.2, 0.25) is 0 Å². The molecule has 0 amide bonds. The van der Waals surface area contributed by atoms with E-state index in [9.17, 15) is 0 Å². The van der Waals surface area contributed by atoms with Crippen LogP contribution in [0.25, 0.3) is 0 Å². The van der Waals surface area contributed by atoms with Gasteiger partial charge in [0.25, 0.3) is 0 Å². The molecule has 0 aliphatic heterocycles. The van der Waals surface area contributed by atoms with Gasteiger partial charge >= 0.3 is 0 Å². The second kappa shape index (κ2) is 1.62. The quantitative estimate of drug-likeness (QED) is 0.456. The average molecular weight is 98.1 g/mol. The lowest BCUT2D eigenvalue weighted by Crippen LogP contribution is -2.23. The normalized spacial score (nSPS) is 31.6. The molecule has 2 heteroatoms. The van der Waals surface area contributed by atoms with Crippen LogP contribution < -0.4 is 5.73 Å². The fourth-order valence-corrected chi connectivity index (χ4v) is 0.872. The van der Waals surface area contributed by atoms with Crippen molar-refractivity contribution in [1.29, 1.82) is 5.41 Å². The van der Waals surface area contributed by atoms with E-state index in [4.69, 9.17) is 11.1 Å². The van der Waals surface area contributed by atoms with Gasteiger partial charge in [-0.3, -0.25) is 0 Å². The summed E-state index contributed by atoms with van der Waals surface area (Å²) in [5.41, 5.74) is 6.19. The minimum absolute atomic E-state index is 0.0972. The molecule has 0 saturated heterocycles. The van der Waals surface area contributed by atoms with E-state index in [1.54, 1.807) is 0 Å². The van der Waals surface area contributed by atoms with Crippen molar-refractivity contribution in [3.63, 3.8) is 0 Å². The molecule has 0 aromatic carbocycles. The molecule has 2 nitrogen and oxygen atoms in total. The second-order valence-electron chi connectivity index (χ2n) is 2.02. The van der Waals surface area contributed by atoms with Crippen molar-refractivity contribution in [3.05, 3.63) is 0 Å². The lowest BCUT2D eigenvalue weighted by molar-refractivity contribution is 0.790. The summed E-state index contributed by atoms with van der Waals surface area (Å²) in [6, 6.07) is 0.0972. The van der Waals surface area contributed by atoms with E-state index in [2.05, 4.69) is 0 Å². The van der Waals surface area contributed by atoms with E-state index in [0.717, 1.165) is 25.0 Å². The molecule has 1 fully saturated rings. The van der Waals surface area contributed by atoms with Gasteiger partial charge in [0.05, 0.1) is 0 Å². The molecule has 7 heavy (non-hydrogen) atoms. The zero-order valence-electron chi connectivity index (χ0n) is 4.28. The molecule has 1 aliphatic carbocycles. The molecular formula is C5H10N2. The fraction of sp³-hybridized carbons (Fsp3) is 0.800. The first kappa shape index (κ1) is 4.78. The SMILES string of the molecule is N=C1CCCC1N. The highest BCUT2D eigenvalue weighted by Crippen LogP contribution is 2.11. The van der Waals surface area contributed by atoms with Crippen LogP contribution in [0.1, 0.15) is 19.3 Å². The molecule has 1 saturated carbocycles. The third kappa shape index (κ3) is 0.800. The van der Waals surface area contributed by atoms with Gasteiger partial charge in [-0.05, 0) is 19.3 Å². The van der Waals surface area contributed by atoms with Crippen LogP contribution in [0.4, 0.5) is 0 Å². The highest BCUT2D eigenvalue weighted by Gasteiger charge is 2.15. The van der Waals surface area contributed by atoms with Gasteiger partial charge in [-0.2, -0.15) is 0 Å². The topological polar surface area (TPSA) is 49.9 Å². The highest BCUT2D eigenvalue weighted by molar-refractivity contribution is 5.88. The molecule has 1 rings (SSSR count). The lowest BCUT2D eigenvalue weighted by atomic mass is 10.2. The molecule has 0 spiro atoms. The van der Waals surface area contributed by atoms with Gasteiger partial charge in [0.15, 0.2) is 0 Å². The molecular weight excluding hydrogens is 88.1 g/mol. The van der Waals surface area contributed by atoms with Crippen molar-refractivity contribution in [2.24, 2.45) is 5.73 Å². The van der Waals surface area contributed by atoms with Gasteiger partial charge in [-0.15, -0.1) is 0 Å². The Morgan fingerprint density at radius 2 is 2.43 bits per heavy atom. The first-order valence-electron chi connectivity index (χ1n) is 2.63. The Morgan fingerprint density at radius 3 is 2.57 bits per heavy atom. The number of hydrogen-bond acceptors (Lipinski definition) is 2. The summed E-state index contributed by atoms with van der Waals surface area (Å²) in [7, 11) is 0. The molecule has 0 heterocycles. The van der Waals surface area contributed by atoms with Crippen LogP contribution in [0.5, 0.6) is 0 Å². The Hall–Kier alpha value is -0.370. The van der Waals surface area contributed by atoms with Crippen LogP contribution >= 0.6 is 0 Å². The van der Waals surface area contributed by atoms with E-state index in [0.29, 0.717) is 0 Å². The maximum atomic E-state index is 7.13. The minimum atomic E-state index is 0.0972. The molecule has 1 unspecified atom stereocenters. The third-order valence-electron chi connectivity index (χ3n) is 1.41. The largest absolute Gasteiger partial charge is 0.323 e. The van der Waals surface area contributed by atoms with Crippen molar-refractivity contribution in [3.8, 4) is 0 Å². The highest BCUT2D eigenvalue weighted by atomic mass is 14.7. The van der Waals surface area contributed by atoms with Gasteiger partial charge < -0.3 is 11.1 Å². The van der Waals surface area contributed by atoms with Gasteiger partial charge in [-0.25, -0.2) is 0 Å². The van der Waals surface area contributed by atoms with Crippen molar-refractivity contribution < 1.29 is 0 Å². The van der Waals surface area contributed by atoms with Gasteiger partial charge in [-0.1, -0.05) is 0 Å². The molecule has 1 atom stereocenters. The smallest absolute Gasteiger partial charge is 0.0423 e. The van der Waals surface area contributed by atoms with E-state index in [-0.39, 0.29) is 6.04 Å². The van der Waals surface area contributed by atoms with Gasteiger partial charge in [0, 0.05) is 11.8 Å². The van der Waals surface area contributed by atoms with Crippen LogP contribution in [0, 0.1) is 5.41 Å². The molecule has 0 aromatic heterocycles. The fourth-order valence-electron chi connectivity index (χ4n) is 0.872. The standard InChI is InChI=1S/C5H10N2/c6-4-2-1-3-5(4)7/h4,7H,1-3,6H2. The van der Waals surface area contributed by atoms with Crippen LogP contribution in [0.3, 0.4) is 0 Å². The third-order valence-corrected chi connectivity index (χ3v) is 1.41. The summed E-state index contributed by atoms with van der Waals surface area (Å²) in [4.78, 5) is 0. The van der Waals surface area contributed by atoms with Gasteiger partial charge in [0.1, 0.15) is 0 Å². The maximum Gasteiger partial charge on any atom is 0.0423 e. The van der Waals surface area contributed by atoms with Crippen molar-refractivity contribution in [1.82, 2.24) is 0 Å².